The molecule has 0 aromatic heterocycles. The predicted molar refractivity (Wildman–Crippen MR) is 84.8 cm³/mol. The van der Waals surface area contributed by atoms with Gasteiger partial charge in [-0.25, -0.2) is 4.39 Å². The van der Waals surface area contributed by atoms with Gasteiger partial charge in [0.25, 0.3) is 11.6 Å². The van der Waals surface area contributed by atoms with E-state index in [1.165, 1.54) is 18.2 Å². The maximum Gasteiger partial charge on any atom is 0.271 e. The second kappa shape index (κ2) is 6.79. The van der Waals surface area contributed by atoms with Gasteiger partial charge in [0.15, 0.2) is 5.11 Å². The molecule has 2 aromatic carbocycles. The Morgan fingerprint density at radius 3 is 2.61 bits per heavy atom. The summed E-state index contributed by atoms with van der Waals surface area (Å²) < 4.78 is 13.5. The van der Waals surface area contributed by atoms with Gasteiger partial charge in [0.1, 0.15) is 11.6 Å². The monoisotopic (exact) mass is 335 g/mol. The topological polar surface area (TPSA) is 104 Å². The SMILES string of the molecule is O=C(NC(=S)Nc1cc([N+](=O)[O-])ccc1O)c1ccccc1F. The fourth-order valence-corrected chi connectivity index (χ4v) is 1.91. The number of anilines is 1. The number of amides is 1. The quantitative estimate of drug-likeness (QED) is 0.345. The molecule has 0 saturated heterocycles. The number of nitro groups is 1. The average Bonchev–Trinajstić information content (AvgIpc) is 2.49. The van der Waals surface area contributed by atoms with Crippen molar-refractivity contribution in [3.05, 3.63) is 64.0 Å². The van der Waals surface area contributed by atoms with Crippen molar-refractivity contribution in [1.29, 1.82) is 0 Å². The lowest BCUT2D eigenvalue weighted by atomic mass is 10.2. The smallest absolute Gasteiger partial charge is 0.271 e. The number of halogens is 1. The normalized spacial score (nSPS) is 9.96. The van der Waals surface area contributed by atoms with Gasteiger partial charge in [-0.05, 0) is 30.4 Å². The lowest BCUT2D eigenvalue weighted by Gasteiger charge is -2.11. The molecule has 9 heteroatoms. The highest BCUT2D eigenvalue weighted by Crippen LogP contribution is 2.27. The molecule has 7 nitrogen and oxygen atoms in total. The summed E-state index contributed by atoms with van der Waals surface area (Å²) in [7, 11) is 0. The van der Waals surface area contributed by atoms with Gasteiger partial charge in [-0.1, -0.05) is 12.1 Å². The number of nitrogens with one attached hydrogen (secondary N) is 2. The Kier molecular flexibility index (Phi) is 4.82. The van der Waals surface area contributed by atoms with Crippen LogP contribution in [0.15, 0.2) is 42.5 Å². The van der Waals surface area contributed by atoms with Gasteiger partial charge in [-0.3, -0.25) is 20.2 Å². The van der Waals surface area contributed by atoms with Gasteiger partial charge in [0.05, 0.1) is 16.2 Å². The van der Waals surface area contributed by atoms with E-state index >= 15 is 0 Å². The number of carbonyl (C=O) groups is 1. The molecule has 2 aromatic rings. The number of phenols is 1. The summed E-state index contributed by atoms with van der Waals surface area (Å²) in [5, 5.41) is 24.8. The van der Waals surface area contributed by atoms with E-state index in [9.17, 15) is 24.4 Å². The molecule has 1 amide bonds. The first-order valence-corrected chi connectivity index (χ1v) is 6.63. The molecule has 0 unspecified atom stereocenters. The van der Waals surface area contributed by atoms with Crippen LogP contribution in [0.3, 0.4) is 0 Å². The number of nitrogens with zero attached hydrogens (tertiary/aromatic N) is 1. The molecule has 0 aliphatic rings. The Balaban J connectivity index is 2.11. The van der Waals surface area contributed by atoms with Crippen LogP contribution in [0.2, 0.25) is 0 Å². The third-order valence-corrected chi connectivity index (χ3v) is 2.99. The van der Waals surface area contributed by atoms with Crippen LogP contribution < -0.4 is 10.6 Å². The predicted octanol–water partition coefficient (Wildman–Crippen LogP) is 2.57. The summed E-state index contributed by atoms with van der Waals surface area (Å²) in [5.74, 6) is -1.80. The van der Waals surface area contributed by atoms with Crippen molar-refractivity contribution in [2.45, 2.75) is 0 Å². The molecule has 0 saturated carbocycles. The molecule has 3 N–H and O–H groups in total. The van der Waals surface area contributed by atoms with Crippen molar-refractivity contribution in [2.24, 2.45) is 0 Å². The molecule has 0 spiro atoms. The minimum absolute atomic E-state index is 0.0574. The largest absolute Gasteiger partial charge is 0.506 e. The zero-order chi connectivity index (χ0) is 17.0. The van der Waals surface area contributed by atoms with E-state index in [4.69, 9.17) is 12.2 Å². The summed E-state index contributed by atoms with van der Waals surface area (Å²) >= 11 is 4.88. The zero-order valence-corrected chi connectivity index (χ0v) is 12.3. The maximum absolute atomic E-state index is 13.5. The number of benzene rings is 2. The fraction of sp³-hybridized carbons (Fsp3) is 0. The van der Waals surface area contributed by atoms with Gasteiger partial charge < -0.3 is 10.4 Å². The maximum atomic E-state index is 13.5. The number of carbonyl (C=O) groups excluding carboxylic acids is 1. The van der Waals surface area contributed by atoms with Crippen molar-refractivity contribution in [3.63, 3.8) is 0 Å². The standard InChI is InChI=1S/C14H10FN3O4S/c15-10-4-2-1-3-9(10)13(20)17-14(23)16-11-7-8(18(21)22)5-6-12(11)19/h1-7,19H,(H2,16,17,20,23). The third kappa shape index (κ3) is 3.98. The molecule has 0 aliphatic heterocycles. The average molecular weight is 335 g/mol. The van der Waals surface area contributed by atoms with Crippen molar-refractivity contribution in [1.82, 2.24) is 5.32 Å². The number of hydrogen-bond donors (Lipinski definition) is 3. The van der Waals surface area contributed by atoms with Gasteiger partial charge in [0, 0.05) is 12.1 Å². The summed E-state index contributed by atoms with van der Waals surface area (Å²) in [4.78, 5) is 21.9. The highest BCUT2D eigenvalue weighted by Gasteiger charge is 2.15. The lowest BCUT2D eigenvalue weighted by molar-refractivity contribution is -0.384. The Labute approximate surface area is 134 Å². The fourth-order valence-electron chi connectivity index (χ4n) is 1.71. The number of nitro benzene ring substituents is 1. The first-order chi connectivity index (χ1) is 10.9. The van der Waals surface area contributed by atoms with Crippen LogP contribution in [0.4, 0.5) is 15.8 Å². The number of phenolic OH excluding ortho intramolecular Hbond substituents is 1. The molecule has 0 heterocycles. The second-order valence-corrected chi connectivity index (χ2v) is 4.75. The molecule has 0 radical (unpaired) electrons. The summed E-state index contributed by atoms with van der Waals surface area (Å²) in [6.07, 6.45) is 0. The van der Waals surface area contributed by atoms with E-state index in [2.05, 4.69) is 10.6 Å². The first kappa shape index (κ1) is 16.3. The molecule has 0 aliphatic carbocycles. The van der Waals surface area contributed by atoms with Crippen LogP contribution >= 0.6 is 12.2 Å². The van der Waals surface area contributed by atoms with E-state index in [1.54, 1.807) is 0 Å². The number of hydrogen-bond acceptors (Lipinski definition) is 5. The Morgan fingerprint density at radius 1 is 1.26 bits per heavy atom. The minimum Gasteiger partial charge on any atom is -0.506 e. The van der Waals surface area contributed by atoms with Crippen molar-refractivity contribution < 1.29 is 19.2 Å². The second-order valence-electron chi connectivity index (χ2n) is 4.35. The molecule has 0 fully saturated rings. The number of non-ortho nitro benzene ring substituents is 1. The Morgan fingerprint density at radius 2 is 1.96 bits per heavy atom. The third-order valence-electron chi connectivity index (χ3n) is 2.78. The molecule has 0 bridgehead atoms. The Bertz CT molecular complexity index is 797. The summed E-state index contributed by atoms with van der Waals surface area (Å²) in [6.45, 7) is 0. The van der Waals surface area contributed by atoms with Gasteiger partial charge in [-0.2, -0.15) is 0 Å². The van der Waals surface area contributed by atoms with Crippen LogP contribution in [0.1, 0.15) is 10.4 Å². The highest BCUT2D eigenvalue weighted by molar-refractivity contribution is 7.80. The molecule has 0 atom stereocenters. The number of rotatable bonds is 3. The van der Waals surface area contributed by atoms with Crippen molar-refractivity contribution >= 4 is 34.6 Å². The molecular formula is C14H10FN3O4S. The van der Waals surface area contributed by atoms with Gasteiger partial charge in [0.2, 0.25) is 0 Å². The minimum atomic E-state index is -0.787. The molecule has 23 heavy (non-hydrogen) atoms. The van der Waals surface area contributed by atoms with Crippen molar-refractivity contribution in [3.8, 4) is 5.75 Å². The number of aromatic hydroxyl groups is 1. The van der Waals surface area contributed by atoms with E-state index in [1.807, 2.05) is 0 Å². The van der Waals surface area contributed by atoms with Crippen LogP contribution in [0, 0.1) is 15.9 Å². The van der Waals surface area contributed by atoms with Gasteiger partial charge in [-0.15, -0.1) is 0 Å². The van der Waals surface area contributed by atoms with Crippen molar-refractivity contribution in [2.75, 3.05) is 5.32 Å². The lowest BCUT2D eigenvalue weighted by Crippen LogP contribution is -2.34. The highest BCUT2D eigenvalue weighted by atomic mass is 32.1. The summed E-state index contributed by atoms with van der Waals surface area (Å²) in [5.41, 5.74) is -0.536. The first-order valence-electron chi connectivity index (χ1n) is 6.22. The van der Waals surface area contributed by atoms with Gasteiger partial charge >= 0.3 is 0 Å². The molecular weight excluding hydrogens is 325 g/mol. The van der Waals surface area contributed by atoms with Crippen LogP contribution in [0.5, 0.6) is 5.75 Å². The van der Waals surface area contributed by atoms with E-state index in [-0.39, 0.29) is 27.8 Å². The van der Waals surface area contributed by atoms with E-state index in [0.29, 0.717) is 0 Å². The number of thiocarbonyl (C=S) groups is 1. The molecule has 118 valence electrons. The van der Waals surface area contributed by atoms with E-state index < -0.39 is 16.6 Å². The van der Waals surface area contributed by atoms with Crippen LogP contribution in [0.25, 0.3) is 0 Å². The zero-order valence-electron chi connectivity index (χ0n) is 11.4. The van der Waals surface area contributed by atoms with E-state index in [0.717, 1.165) is 24.3 Å². The summed E-state index contributed by atoms with van der Waals surface area (Å²) in [6, 6.07) is 8.60. The van der Waals surface area contributed by atoms with Crippen LogP contribution in [-0.4, -0.2) is 21.0 Å². The molecule has 2 rings (SSSR count). The van der Waals surface area contributed by atoms with Crippen LogP contribution in [-0.2, 0) is 0 Å². The Hall–Kier alpha value is -3.07.